The summed E-state index contributed by atoms with van der Waals surface area (Å²) in [4.78, 5) is 12.3. The van der Waals surface area contributed by atoms with Gasteiger partial charge in [0, 0.05) is 6.42 Å². The second kappa shape index (κ2) is 37.4. The highest BCUT2D eigenvalue weighted by Gasteiger charge is 2.13. The molecular weight excluding hydrogens is 550 g/mol. The summed E-state index contributed by atoms with van der Waals surface area (Å²) in [7, 11) is 0. The van der Waals surface area contributed by atoms with Crippen LogP contribution in [-0.4, -0.2) is 23.2 Å². The molecule has 0 saturated carbocycles. The average Bonchev–Trinajstić information content (AvgIpc) is 3.03. The monoisotopic (exact) mass is 632 g/mol. The van der Waals surface area contributed by atoms with Crippen molar-refractivity contribution in [2.45, 2.75) is 238 Å². The van der Waals surface area contributed by atoms with E-state index in [1.165, 1.54) is 180 Å². The molecule has 0 fully saturated rings. The summed E-state index contributed by atoms with van der Waals surface area (Å²) >= 11 is 0. The Kier molecular flexibility index (Phi) is 36.5. The molecule has 0 heterocycles. The van der Waals surface area contributed by atoms with Gasteiger partial charge in [0.2, 0.25) is 5.91 Å². The molecule has 0 rings (SSSR count). The maximum Gasteiger partial charge on any atom is 0.220 e. The molecule has 266 valence electrons. The first-order valence-corrected chi connectivity index (χ1v) is 20.4. The molecule has 3 heteroatoms. The Morgan fingerprint density at radius 1 is 0.489 bits per heavy atom. The van der Waals surface area contributed by atoms with E-state index in [0.717, 1.165) is 19.3 Å². The van der Waals surface area contributed by atoms with Gasteiger partial charge in [0.15, 0.2) is 0 Å². The third-order valence-electron chi connectivity index (χ3n) is 9.37. The third kappa shape index (κ3) is 35.6. The first-order valence-electron chi connectivity index (χ1n) is 20.4. The molecule has 3 nitrogen and oxygen atoms in total. The number of unbranched alkanes of at least 4 members (excludes halogenated alkanes) is 28. The zero-order valence-corrected chi connectivity index (χ0v) is 30.9. The lowest BCUT2D eigenvalue weighted by Gasteiger charge is -2.17. The summed E-state index contributed by atoms with van der Waals surface area (Å²) in [6, 6.07) is -0.225. The lowest BCUT2D eigenvalue weighted by Crippen LogP contribution is -2.40. The van der Waals surface area contributed by atoms with E-state index in [4.69, 9.17) is 0 Å². The van der Waals surface area contributed by atoms with Crippen molar-refractivity contribution in [3.63, 3.8) is 0 Å². The third-order valence-corrected chi connectivity index (χ3v) is 9.37. The molecule has 0 spiro atoms. The van der Waals surface area contributed by atoms with Crippen LogP contribution >= 0.6 is 0 Å². The fraction of sp³-hybridized carbons (Fsp3) is 0.881. The first-order chi connectivity index (χ1) is 22.1. The van der Waals surface area contributed by atoms with Gasteiger partial charge >= 0.3 is 0 Å². The van der Waals surface area contributed by atoms with Crippen LogP contribution in [0.1, 0.15) is 226 Å². The number of carbonyl (C=O) groups is 1. The molecule has 1 amide bonds. The van der Waals surface area contributed by atoms with Crippen molar-refractivity contribution in [1.29, 1.82) is 0 Å². The van der Waals surface area contributed by atoms with Crippen molar-refractivity contribution in [3.8, 4) is 0 Å². The summed E-state index contributed by atoms with van der Waals surface area (Å²) in [6.45, 7) is 6.47. The summed E-state index contributed by atoms with van der Waals surface area (Å²) < 4.78 is 0. The molecular formula is C42H81NO2. The Morgan fingerprint density at radius 3 is 1.18 bits per heavy atom. The number of nitrogens with one attached hydrogen (secondary N) is 1. The van der Waals surface area contributed by atoms with E-state index in [1.807, 2.05) is 13.0 Å². The van der Waals surface area contributed by atoms with Crippen LogP contribution in [0.2, 0.25) is 0 Å². The highest BCUT2D eigenvalue weighted by atomic mass is 16.3. The van der Waals surface area contributed by atoms with Crippen molar-refractivity contribution < 1.29 is 9.90 Å². The van der Waals surface area contributed by atoms with Crippen molar-refractivity contribution in [1.82, 2.24) is 5.32 Å². The van der Waals surface area contributed by atoms with E-state index in [0.29, 0.717) is 6.42 Å². The van der Waals surface area contributed by atoms with E-state index in [9.17, 15) is 9.90 Å². The number of hydrogen-bond donors (Lipinski definition) is 2. The van der Waals surface area contributed by atoms with E-state index in [-0.39, 0.29) is 11.9 Å². The fourth-order valence-electron chi connectivity index (χ4n) is 6.16. The van der Waals surface area contributed by atoms with Crippen molar-refractivity contribution in [2.75, 3.05) is 0 Å². The zero-order valence-electron chi connectivity index (χ0n) is 30.9. The number of amides is 1. The Bertz CT molecular complexity index is 643. The van der Waals surface area contributed by atoms with E-state index >= 15 is 0 Å². The normalized spacial score (nSPS) is 13.2. The van der Waals surface area contributed by atoms with Gasteiger partial charge in [-0.3, -0.25) is 4.79 Å². The van der Waals surface area contributed by atoms with Crippen molar-refractivity contribution >= 4 is 5.91 Å². The first kappa shape index (κ1) is 43.9. The van der Waals surface area contributed by atoms with Crippen molar-refractivity contribution in [2.24, 2.45) is 0 Å². The molecule has 0 aliphatic heterocycles. The molecule has 0 aliphatic rings. The second-order valence-corrected chi connectivity index (χ2v) is 14.1. The fourth-order valence-corrected chi connectivity index (χ4v) is 6.16. The smallest absolute Gasteiger partial charge is 0.220 e. The standard InChI is InChI=1S/C42H81NO2/c1-4-6-8-10-12-14-16-18-19-20-21-22-23-24-25-27-29-31-33-35-37-39-42(45)43-40(3)41(44)38-36-34-32-30-28-26-17-15-13-11-9-7-5-2/h18-19,36,38,40-41,44H,4-17,20-35,37,39H2,1-3H3,(H,43,45)/b19-18-,38-36+. The van der Waals surface area contributed by atoms with Crippen LogP contribution in [0.3, 0.4) is 0 Å². The second-order valence-electron chi connectivity index (χ2n) is 14.1. The maximum atomic E-state index is 12.3. The number of aliphatic hydroxyl groups is 1. The lowest BCUT2D eigenvalue weighted by atomic mass is 10.0. The predicted octanol–water partition coefficient (Wildman–Crippen LogP) is 13.5. The van der Waals surface area contributed by atoms with Gasteiger partial charge in [0.05, 0.1) is 12.1 Å². The van der Waals surface area contributed by atoms with Gasteiger partial charge in [0.25, 0.3) is 0 Å². The Labute approximate surface area is 283 Å². The molecule has 0 saturated heterocycles. The number of aliphatic hydroxyl groups excluding tert-OH is 1. The molecule has 0 aromatic carbocycles. The number of hydrogen-bond acceptors (Lipinski definition) is 2. The summed E-state index contributed by atoms with van der Waals surface area (Å²) in [5.74, 6) is 0.0774. The van der Waals surface area contributed by atoms with Gasteiger partial charge in [-0.25, -0.2) is 0 Å². The Balaban J connectivity index is 3.44. The van der Waals surface area contributed by atoms with Crippen LogP contribution in [0.5, 0.6) is 0 Å². The summed E-state index contributed by atoms with van der Waals surface area (Å²) in [5.41, 5.74) is 0. The summed E-state index contributed by atoms with van der Waals surface area (Å²) in [6.07, 6.45) is 49.8. The van der Waals surface area contributed by atoms with E-state index < -0.39 is 6.10 Å². The van der Waals surface area contributed by atoms with Crippen LogP contribution in [0, 0.1) is 0 Å². The predicted molar refractivity (Wildman–Crippen MR) is 201 cm³/mol. The average molecular weight is 632 g/mol. The minimum Gasteiger partial charge on any atom is -0.387 e. The summed E-state index contributed by atoms with van der Waals surface area (Å²) in [5, 5.41) is 13.4. The van der Waals surface area contributed by atoms with Gasteiger partial charge in [-0.2, -0.15) is 0 Å². The highest BCUT2D eigenvalue weighted by molar-refractivity contribution is 5.76. The van der Waals surface area contributed by atoms with Crippen molar-refractivity contribution in [3.05, 3.63) is 24.3 Å². The van der Waals surface area contributed by atoms with Gasteiger partial charge in [0.1, 0.15) is 0 Å². The largest absolute Gasteiger partial charge is 0.387 e. The SMILES string of the molecule is CCCCCCCC/C=C\CCCCCCCCCCCCCC(=O)NC(C)C(O)/C=C/CCCCCCCCCCCCC. The minimum absolute atomic E-state index is 0.0774. The molecule has 0 bridgehead atoms. The van der Waals surface area contributed by atoms with E-state index in [2.05, 4.69) is 37.4 Å². The molecule has 2 N–H and O–H groups in total. The van der Waals surface area contributed by atoms with Crippen LogP contribution in [0.25, 0.3) is 0 Å². The molecule has 2 unspecified atom stereocenters. The molecule has 0 aromatic heterocycles. The van der Waals surface area contributed by atoms with Gasteiger partial charge in [-0.15, -0.1) is 0 Å². The Morgan fingerprint density at radius 2 is 0.800 bits per heavy atom. The maximum absolute atomic E-state index is 12.3. The number of rotatable bonds is 36. The van der Waals surface area contributed by atoms with Gasteiger partial charge in [-0.05, 0) is 51.9 Å². The molecule has 0 aliphatic carbocycles. The topological polar surface area (TPSA) is 49.3 Å². The van der Waals surface area contributed by atoms with Crippen LogP contribution in [0.15, 0.2) is 24.3 Å². The van der Waals surface area contributed by atoms with Gasteiger partial charge in [-0.1, -0.05) is 192 Å². The lowest BCUT2D eigenvalue weighted by molar-refractivity contribution is -0.122. The van der Waals surface area contributed by atoms with Crippen LogP contribution in [0.4, 0.5) is 0 Å². The molecule has 45 heavy (non-hydrogen) atoms. The quantitative estimate of drug-likeness (QED) is 0.0534. The number of allylic oxidation sites excluding steroid dienone is 3. The Hall–Kier alpha value is -1.09. The molecule has 0 radical (unpaired) electrons. The zero-order chi connectivity index (χ0) is 32.9. The minimum atomic E-state index is -0.599. The van der Waals surface area contributed by atoms with Crippen LogP contribution < -0.4 is 5.32 Å². The number of carbonyl (C=O) groups excluding carboxylic acids is 1. The van der Waals surface area contributed by atoms with Gasteiger partial charge < -0.3 is 10.4 Å². The molecule has 0 aromatic rings. The molecule has 2 atom stereocenters. The highest BCUT2D eigenvalue weighted by Crippen LogP contribution is 2.14. The van der Waals surface area contributed by atoms with E-state index in [1.54, 1.807) is 0 Å². The van der Waals surface area contributed by atoms with Crippen LogP contribution in [-0.2, 0) is 4.79 Å².